The number of amides is 1. The fourth-order valence-corrected chi connectivity index (χ4v) is 1.12. The van der Waals surface area contributed by atoms with Crippen LogP contribution in [-0.2, 0) is 11.3 Å². The Kier molecular flexibility index (Phi) is 4.06. The number of rotatable bonds is 4. The summed E-state index contributed by atoms with van der Waals surface area (Å²) in [6.07, 6.45) is 0. The Bertz CT molecular complexity index is 382. The molecule has 1 aromatic rings. The second-order valence-electron chi connectivity index (χ2n) is 4.81. The number of hydrogen-bond donors (Lipinski definition) is 3. The zero-order chi connectivity index (χ0) is 13.1. The van der Waals surface area contributed by atoms with Crippen molar-refractivity contribution in [3.05, 3.63) is 5.89 Å². The first kappa shape index (κ1) is 13.4. The van der Waals surface area contributed by atoms with E-state index < -0.39 is 6.04 Å². The zero-order valence-corrected chi connectivity index (χ0v) is 10.6. The second-order valence-corrected chi connectivity index (χ2v) is 4.81. The van der Waals surface area contributed by atoms with Gasteiger partial charge in [-0.2, -0.15) is 0 Å². The molecule has 0 bridgehead atoms. The van der Waals surface area contributed by atoms with Crippen LogP contribution in [0.25, 0.3) is 0 Å². The van der Waals surface area contributed by atoms with E-state index in [1.54, 1.807) is 6.92 Å². The third kappa shape index (κ3) is 4.39. The fraction of sp³-hybridized carbons (Fsp3) is 0.700. The molecule has 0 aliphatic carbocycles. The van der Waals surface area contributed by atoms with Gasteiger partial charge in [-0.3, -0.25) is 4.79 Å². The van der Waals surface area contributed by atoms with Crippen LogP contribution in [0.2, 0.25) is 0 Å². The van der Waals surface area contributed by atoms with E-state index in [1.807, 2.05) is 20.8 Å². The first-order valence-electron chi connectivity index (χ1n) is 5.43. The molecule has 0 radical (unpaired) electrons. The van der Waals surface area contributed by atoms with Crippen LogP contribution in [0.1, 0.15) is 33.6 Å². The van der Waals surface area contributed by atoms with Gasteiger partial charge in [-0.05, 0) is 27.7 Å². The predicted molar refractivity (Wildman–Crippen MR) is 63.2 cm³/mol. The minimum Gasteiger partial charge on any atom is -0.407 e. The molecule has 1 rings (SSSR count). The standard InChI is InChI=1S/C10H19N5O2/c1-6(8(16)13-10(2,3)4)12-9-15-14-7(5-11)17-9/h6H,5,11H2,1-4H3,(H,12,15)(H,13,16). The lowest BCUT2D eigenvalue weighted by Gasteiger charge is -2.23. The van der Waals surface area contributed by atoms with Crippen molar-refractivity contribution in [1.29, 1.82) is 0 Å². The first-order chi connectivity index (χ1) is 7.81. The third-order valence-electron chi connectivity index (χ3n) is 1.87. The molecule has 96 valence electrons. The van der Waals surface area contributed by atoms with E-state index in [0.717, 1.165) is 0 Å². The molecule has 0 saturated heterocycles. The quantitative estimate of drug-likeness (QED) is 0.697. The number of nitrogens with two attached hydrogens (primary N) is 1. The Morgan fingerprint density at radius 3 is 2.59 bits per heavy atom. The molecule has 1 atom stereocenters. The van der Waals surface area contributed by atoms with Crippen LogP contribution in [-0.4, -0.2) is 27.7 Å². The Labute approximate surface area is 100 Å². The summed E-state index contributed by atoms with van der Waals surface area (Å²) in [7, 11) is 0. The summed E-state index contributed by atoms with van der Waals surface area (Å²) in [6.45, 7) is 7.63. The van der Waals surface area contributed by atoms with Crippen molar-refractivity contribution in [1.82, 2.24) is 15.5 Å². The van der Waals surface area contributed by atoms with Crippen molar-refractivity contribution in [3.63, 3.8) is 0 Å². The average molecular weight is 241 g/mol. The molecule has 0 fully saturated rings. The van der Waals surface area contributed by atoms with Crippen LogP contribution in [0.3, 0.4) is 0 Å². The maximum Gasteiger partial charge on any atom is 0.316 e. The van der Waals surface area contributed by atoms with Crippen LogP contribution in [0.4, 0.5) is 6.01 Å². The molecule has 4 N–H and O–H groups in total. The molecule has 1 unspecified atom stereocenters. The second kappa shape index (κ2) is 5.13. The van der Waals surface area contributed by atoms with E-state index in [2.05, 4.69) is 20.8 Å². The van der Waals surface area contributed by atoms with Crippen molar-refractivity contribution in [2.45, 2.75) is 45.8 Å². The Morgan fingerprint density at radius 2 is 2.12 bits per heavy atom. The van der Waals surface area contributed by atoms with E-state index in [9.17, 15) is 4.79 Å². The number of nitrogens with one attached hydrogen (secondary N) is 2. The van der Waals surface area contributed by atoms with E-state index in [1.165, 1.54) is 0 Å². The summed E-state index contributed by atoms with van der Waals surface area (Å²) < 4.78 is 5.15. The number of hydrogen-bond acceptors (Lipinski definition) is 6. The lowest BCUT2D eigenvalue weighted by molar-refractivity contribution is -0.122. The lowest BCUT2D eigenvalue weighted by Crippen LogP contribution is -2.47. The van der Waals surface area contributed by atoms with Crippen LogP contribution < -0.4 is 16.4 Å². The van der Waals surface area contributed by atoms with Crippen LogP contribution >= 0.6 is 0 Å². The normalized spacial score (nSPS) is 13.2. The molecule has 0 aliphatic rings. The molecule has 1 aromatic heterocycles. The molecule has 7 nitrogen and oxygen atoms in total. The lowest BCUT2D eigenvalue weighted by atomic mass is 10.1. The van der Waals surface area contributed by atoms with Crippen LogP contribution in [0.15, 0.2) is 4.42 Å². The third-order valence-corrected chi connectivity index (χ3v) is 1.87. The number of aromatic nitrogens is 2. The molecule has 1 heterocycles. The zero-order valence-electron chi connectivity index (χ0n) is 10.6. The summed E-state index contributed by atoms with van der Waals surface area (Å²) in [4.78, 5) is 11.8. The molecule has 0 spiro atoms. The van der Waals surface area contributed by atoms with Gasteiger partial charge in [0, 0.05) is 5.54 Å². The SMILES string of the molecule is CC(Nc1nnc(CN)o1)C(=O)NC(C)(C)C. The number of nitrogens with zero attached hydrogens (tertiary/aromatic N) is 2. The summed E-state index contributed by atoms with van der Waals surface area (Å²) in [5.41, 5.74) is 5.06. The molecule has 0 saturated carbocycles. The molecular weight excluding hydrogens is 222 g/mol. The number of carbonyl (C=O) groups is 1. The van der Waals surface area contributed by atoms with Gasteiger partial charge in [-0.1, -0.05) is 5.10 Å². The minimum atomic E-state index is -0.458. The Balaban J connectivity index is 2.54. The maximum absolute atomic E-state index is 11.8. The number of carbonyl (C=O) groups excluding carboxylic acids is 1. The van der Waals surface area contributed by atoms with Gasteiger partial charge < -0.3 is 20.8 Å². The highest BCUT2D eigenvalue weighted by Gasteiger charge is 2.20. The van der Waals surface area contributed by atoms with E-state index in [0.29, 0.717) is 5.89 Å². The summed E-state index contributed by atoms with van der Waals surface area (Å²) >= 11 is 0. The highest BCUT2D eigenvalue weighted by Crippen LogP contribution is 2.07. The van der Waals surface area contributed by atoms with Crippen LogP contribution in [0.5, 0.6) is 0 Å². The van der Waals surface area contributed by atoms with Crippen molar-refractivity contribution in [3.8, 4) is 0 Å². The van der Waals surface area contributed by atoms with Gasteiger partial charge in [0.05, 0.1) is 6.54 Å². The molecule has 7 heteroatoms. The van der Waals surface area contributed by atoms with E-state index in [4.69, 9.17) is 10.2 Å². The van der Waals surface area contributed by atoms with Crippen molar-refractivity contribution >= 4 is 11.9 Å². The monoisotopic (exact) mass is 241 g/mol. The first-order valence-corrected chi connectivity index (χ1v) is 5.43. The van der Waals surface area contributed by atoms with E-state index in [-0.39, 0.29) is 24.0 Å². The fourth-order valence-electron chi connectivity index (χ4n) is 1.12. The minimum absolute atomic E-state index is 0.134. The van der Waals surface area contributed by atoms with Gasteiger partial charge in [0.25, 0.3) is 0 Å². The number of anilines is 1. The Hall–Kier alpha value is -1.63. The predicted octanol–water partition coefficient (Wildman–Crippen LogP) is 0.243. The van der Waals surface area contributed by atoms with Crippen LogP contribution in [0, 0.1) is 0 Å². The van der Waals surface area contributed by atoms with Gasteiger partial charge in [-0.25, -0.2) is 0 Å². The summed E-state index contributed by atoms with van der Waals surface area (Å²) in [5, 5.41) is 13.1. The average Bonchev–Trinajstić information content (AvgIpc) is 2.62. The van der Waals surface area contributed by atoms with Gasteiger partial charge in [0.2, 0.25) is 11.8 Å². The van der Waals surface area contributed by atoms with Crippen molar-refractivity contribution < 1.29 is 9.21 Å². The summed E-state index contributed by atoms with van der Waals surface area (Å²) in [6, 6.07) is -0.262. The molecule has 1 amide bonds. The van der Waals surface area contributed by atoms with Gasteiger partial charge in [0.1, 0.15) is 6.04 Å². The summed E-state index contributed by atoms with van der Waals surface area (Å²) in [5.74, 6) is 0.195. The molecule has 17 heavy (non-hydrogen) atoms. The highest BCUT2D eigenvalue weighted by atomic mass is 16.4. The van der Waals surface area contributed by atoms with Gasteiger partial charge in [-0.15, -0.1) is 5.10 Å². The van der Waals surface area contributed by atoms with Crippen molar-refractivity contribution in [2.75, 3.05) is 5.32 Å². The highest BCUT2D eigenvalue weighted by molar-refractivity contribution is 5.84. The van der Waals surface area contributed by atoms with E-state index >= 15 is 0 Å². The largest absolute Gasteiger partial charge is 0.407 e. The molecule has 0 aromatic carbocycles. The van der Waals surface area contributed by atoms with Gasteiger partial charge >= 0.3 is 6.01 Å². The topological polar surface area (TPSA) is 106 Å². The molecular formula is C10H19N5O2. The maximum atomic E-state index is 11.8. The Morgan fingerprint density at radius 1 is 1.47 bits per heavy atom. The molecule has 0 aliphatic heterocycles. The van der Waals surface area contributed by atoms with Gasteiger partial charge in [0.15, 0.2) is 0 Å². The smallest absolute Gasteiger partial charge is 0.316 e. The van der Waals surface area contributed by atoms with Crippen molar-refractivity contribution in [2.24, 2.45) is 5.73 Å².